The quantitative estimate of drug-likeness (QED) is 0.156. The molecule has 0 unspecified atom stereocenters. The van der Waals surface area contributed by atoms with Crippen molar-refractivity contribution in [2.45, 2.75) is 0 Å². The number of anilines is 1. The minimum atomic E-state index is 0.238. The summed E-state index contributed by atoms with van der Waals surface area (Å²) in [6, 6.07) is 58.1. The summed E-state index contributed by atoms with van der Waals surface area (Å²) in [5, 5.41) is 53.5. The lowest BCUT2D eigenvalue weighted by Gasteiger charge is -2.26. The molecule has 0 bridgehead atoms. The summed E-state index contributed by atoms with van der Waals surface area (Å²) in [6.45, 7) is 0. The van der Waals surface area contributed by atoms with Crippen LogP contribution in [0.25, 0.3) is 62.0 Å². The Bertz CT molecular complexity index is 2970. The highest BCUT2D eigenvalue weighted by molar-refractivity contribution is 6.35. The number of allylic oxidation sites excluding steroid dienone is 1. The number of fused-ring (bicyclic) bond motifs is 3. The average Bonchev–Trinajstić information content (AvgIpc) is 3.87. The van der Waals surface area contributed by atoms with Gasteiger partial charge in [0.25, 0.3) is 0 Å². The summed E-state index contributed by atoms with van der Waals surface area (Å²) in [6.07, 6.45) is 0. The third-order valence-corrected chi connectivity index (χ3v) is 9.95. The first-order valence-corrected chi connectivity index (χ1v) is 18.1. The van der Waals surface area contributed by atoms with Crippen molar-refractivity contribution in [1.82, 2.24) is 19.6 Å². The molecule has 266 valence electrons. The van der Waals surface area contributed by atoms with Gasteiger partial charge in [-0.1, -0.05) is 127 Å². The summed E-state index contributed by atoms with van der Waals surface area (Å²) in [4.78, 5) is 0. The first kappa shape index (κ1) is 34.2. The molecule has 2 N–H and O–H groups in total. The van der Waals surface area contributed by atoms with Gasteiger partial charge in [0, 0.05) is 16.7 Å². The molecule has 0 saturated carbocycles. The Balaban J connectivity index is 1.45. The maximum Gasteiger partial charge on any atom is 0.169 e. The van der Waals surface area contributed by atoms with Crippen molar-refractivity contribution in [1.29, 1.82) is 21.2 Å². The molecule has 9 nitrogen and oxygen atoms in total. The van der Waals surface area contributed by atoms with Crippen LogP contribution >= 0.6 is 0 Å². The highest BCUT2D eigenvalue weighted by atomic mass is 15.5. The molecular weight excluding hydrogens is 703 g/mol. The highest BCUT2D eigenvalue weighted by Crippen LogP contribution is 2.48. The van der Waals surface area contributed by atoms with Crippen molar-refractivity contribution in [3.8, 4) is 68.8 Å². The molecule has 57 heavy (non-hydrogen) atoms. The molecule has 0 amide bonds. The lowest BCUT2D eigenvalue weighted by atomic mass is 9.94. The van der Waals surface area contributed by atoms with Crippen LogP contribution in [0.3, 0.4) is 0 Å². The van der Waals surface area contributed by atoms with Crippen molar-refractivity contribution in [3.63, 3.8) is 0 Å². The summed E-state index contributed by atoms with van der Waals surface area (Å²) < 4.78 is 3.69. The van der Waals surface area contributed by atoms with Gasteiger partial charge in [-0.05, 0) is 53.1 Å². The Labute approximate surface area is 328 Å². The lowest BCUT2D eigenvalue weighted by Crippen LogP contribution is -2.25. The van der Waals surface area contributed by atoms with Crippen molar-refractivity contribution in [2.24, 2.45) is 0 Å². The third kappa shape index (κ3) is 6.03. The Kier molecular flexibility index (Phi) is 8.60. The molecule has 0 radical (unpaired) electrons. The van der Waals surface area contributed by atoms with E-state index in [9.17, 15) is 21.2 Å². The van der Waals surface area contributed by atoms with E-state index in [1.165, 1.54) is 0 Å². The van der Waals surface area contributed by atoms with Gasteiger partial charge in [0.1, 0.15) is 23.0 Å². The van der Waals surface area contributed by atoms with Gasteiger partial charge in [0.2, 0.25) is 0 Å². The van der Waals surface area contributed by atoms with Crippen LogP contribution in [0, 0.1) is 39.4 Å². The molecule has 0 spiro atoms. The maximum absolute atomic E-state index is 9.83. The number of hydrogen-bond acceptors (Lipinski definition) is 7. The zero-order valence-corrected chi connectivity index (χ0v) is 30.2. The van der Waals surface area contributed by atoms with Gasteiger partial charge in [0.15, 0.2) is 5.82 Å². The standard InChI is InChI=1S/C48H29N9/c49-28-31-16-22-34(23-17-31)40(43(52)37-10-4-1-5-11-37)46-53-47-41(35-24-18-32(29-50)19-25-35)44(38-12-6-2-7-13-38)54-57(47)48-42(36-26-20-33(30-51)21-27-36)45(55-56(46)48)39-14-8-3-9-15-39/h1-27,52-53H/b46-40+,52-43?. The molecule has 3 heterocycles. The minimum absolute atomic E-state index is 0.238. The summed E-state index contributed by atoms with van der Waals surface area (Å²) in [7, 11) is 0. The molecule has 9 rings (SSSR count). The first-order valence-electron chi connectivity index (χ1n) is 18.1. The van der Waals surface area contributed by atoms with Crippen LogP contribution in [0.4, 0.5) is 5.82 Å². The Morgan fingerprint density at radius 1 is 0.474 bits per heavy atom. The van der Waals surface area contributed by atoms with E-state index in [4.69, 9.17) is 10.2 Å². The van der Waals surface area contributed by atoms with Gasteiger partial charge in [-0.15, -0.1) is 0 Å². The number of nitrogens with zero attached hydrogens (tertiary/aromatic N) is 7. The van der Waals surface area contributed by atoms with Crippen molar-refractivity contribution < 1.29 is 0 Å². The Morgan fingerprint density at radius 2 is 0.912 bits per heavy atom. The number of nitrogens with one attached hydrogen (secondary N) is 2. The smallest absolute Gasteiger partial charge is 0.169 e. The van der Waals surface area contributed by atoms with Gasteiger partial charge in [-0.2, -0.15) is 35.3 Å². The van der Waals surface area contributed by atoms with Crippen molar-refractivity contribution >= 4 is 22.9 Å². The van der Waals surface area contributed by atoms with Crippen LogP contribution < -0.4 is 5.32 Å². The van der Waals surface area contributed by atoms with Crippen LogP contribution in [0.5, 0.6) is 0 Å². The van der Waals surface area contributed by atoms with E-state index in [1.807, 2.05) is 137 Å². The fourth-order valence-electron chi connectivity index (χ4n) is 7.20. The van der Waals surface area contributed by atoms with E-state index in [2.05, 4.69) is 23.5 Å². The molecule has 8 aromatic rings. The molecule has 0 atom stereocenters. The first-order chi connectivity index (χ1) is 28.1. The molecule has 6 aromatic carbocycles. The van der Waals surface area contributed by atoms with Crippen LogP contribution in [0.15, 0.2) is 164 Å². The zero-order valence-electron chi connectivity index (χ0n) is 30.2. The second-order valence-electron chi connectivity index (χ2n) is 13.3. The van der Waals surface area contributed by atoms with Crippen LogP contribution in [0.2, 0.25) is 0 Å². The second-order valence-corrected chi connectivity index (χ2v) is 13.3. The normalized spacial score (nSPS) is 12.2. The number of aromatic nitrogens is 4. The number of nitriles is 3. The van der Waals surface area contributed by atoms with E-state index < -0.39 is 0 Å². The Morgan fingerprint density at radius 3 is 1.42 bits per heavy atom. The van der Waals surface area contributed by atoms with E-state index in [1.54, 1.807) is 36.4 Å². The lowest BCUT2D eigenvalue weighted by molar-refractivity contribution is 0.760. The molecule has 0 saturated heterocycles. The van der Waals surface area contributed by atoms with Gasteiger partial charge < -0.3 is 5.32 Å². The van der Waals surface area contributed by atoms with Crippen LogP contribution in [-0.2, 0) is 0 Å². The number of hydrogen-bond donors (Lipinski definition) is 2. The Hall–Kier alpha value is -8.58. The SMILES string of the molecule is N#Cc1ccc(/C(C(=N)c2ccccc2)=C2/Nc3c(-c4ccc(C#N)cc4)c(-c4ccccc4)nn3-c3c(-c4ccc(C#N)cc4)c(-c4ccccc4)nn32)cc1. The predicted molar refractivity (Wildman–Crippen MR) is 222 cm³/mol. The monoisotopic (exact) mass is 731 g/mol. The summed E-state index contributed by atoms with van der Waals surface area (Å²) in [5.41, 5.74) is 10.0. The minimum Gasteiger partial charge on any atom is -0.324 e. The molecule has 9 heteroatoms. The van der Waals surface area contributed by atoms with E-state index in [-0.39, 0.29) is 5.71 Å². The van der Waals surface area contributed by atoms with Crippen LogP contribution in [0.1, 0.15) is 27.8 Å². The van der Waals surface area contributed by atoms with Crippen molar-refractivity contribution in [3.05, 3.63) is 192 Å². The summed E-state index contributed by atoms with van der Waals surface area (Å²) in [5.74, 6) is 1.75. The fourth-order valence-corrected chi connectivity index (χ4v) is 7.20. The fraction of sp³-hybridized carbons (Fsp3) is 0. The topological polar surface area (TPSA) is 143 Å². The number of rotatable bonds is 7. The average molecular weight is 732 g/mol. The zero-order chi connectivity index (χ0) is 38.9. The van der Waals surface area contributed by atoms with Crippen LogP contribution in [-0.4, -0.2) is 25.3 Å². The summed E-state index contributed by atoms with van der Waals surface area (Å²) >= 11 is 0. The van der Waals surface area contributed by atoms with E-state index >= 15 is 0 Å². The molecular formula is C48H29N9. The molecule has 2 aromatic heterocycles. The van der Waals surface area contributed by atoms with E-state index in [0.29, 0.717) is 62.2 Å². The number of benzene rings is 6. The molecule has 0 aliphatic carbocycles. The van der Waals surface area contributed by atoms with Crippen molar-refractivity contribution in [2.75, 3.05) is 5.32 Å². The highest BCUT2D eigenvalue weighted by Gasteiger charge is 2.36. The van der Waals surface area contributed by atoms with Gasteiger partial charge in [-0.3, -0.25) is 5.41 Å². The maximum atomic E-state index is 9.83. The van der Waals surface area contributed by atoms with Gasteiger partial charge in [-0.25, -0.2) is 0 Å². The molecule has 0 fully saturated rings. The molecule has 1 aliphatic rings. The largest absolute Gasteiger partial charge is 0.324 e. The third-order valence-electron chi connectivity index (χ3n) is 9.95. The van der Waals surface area contributed by atoms with E-state index in [0.717, 1.165) is 33.4 Å². The predicted octanol–water partition coefficient (Wildman–Crippen LogP) is 10.2. The molecule has 1 aliphatic heterocycles. The second kappa shape index (κ2) is 14.3. The van der Waals surface area contributed by atoms with Gasteiger partial charge in [0.05, 0.1) is 57.3 Å². The van der Waals surface area contributed by atoms with Gasteiger partial charge >= 0.3 is 0 Å².